The zero-order chi connectivity index (χ0) is 24.1. The van der Waals surface area contributed by atoms with Crippen LogP contribution in [0.2, 0.25) is 0 Å². The second-order valence-corrected chi connectivity index (χ2v) is 8.84. The molecule has 7 heteroatoms. The molecule has 0 unspecified atom stereocenters. The Morgan fingerprint density at radius 2 is 1.56 bits per heavy atom. The summed E-state index contributed by atoms with van der Waals surface area (Å²) in [6.07, 6.45) is 0. The van der Waals surface area contributed by atoms with Crippen molar-refractivity contribution in [3.05, 3.63) is 78.4 Å². The molecule has 0 aliphatic carbocycles. The van der Waals surface area contributed by atoms with E-state index in [9.17, 15) is 4.79 Å². The van der Waals surface area contributed by atoms with E-state index >= 15 is 0 Å². The first-order chi connectivity index (χ1) is 16.3. The molecule has 0 bridgehead atoms. The minimum absolute atomic E-state index is 0.0718. The van der Waals surface area contributed by atoms with Crippen LogP contribution >= 0.6 is 0 Å². The minimum Gasteiger partial charge on any atom is -0.497 e. The molecule has 174 valence electrons. The van der Waals surface area contributed by atoms with Crippen molar-refractivity contribution in [3.8, 4) is 34.4 Å². The molecule has 4 aromatic rings. The third-order valence-electron chi connectivity index (χ3n) is 5.23. The predicted molar refractivity (Wildman–Crippen MR) is 131 cm³/mol. The van der Waals surface area contributed by atoms with Gasteiger partial charge in [-0.1, -0.05) is 45.0 Å². The summed E-state index contributed by atoms with van der Waals surface area (Å²) in [4.78, 5) is 12.4. The van der Waals surface area contributed by atoms with E-state index in [2.05, 4.69) is 48.4 Å². The van der Waals surface area contributed by atoms with Crippen molar-refractivity contribution in [1.82, 2.24) is 10.2 Å². The molecule has 0 saturated heterocycles. The fourth-order valence-electron chi connectivity index (χ4n) is 3.34. The Hall–Kier alpha value is -4.13. The number of rotatable bonds is 7. The Labute approximate surface area is 198 Å². The summed E-state index contributed by atoms with van der Waals surface area (Å²) >= 11 is 0. The lowest BCUT2D eigenvalue weighted by Gasteiger charge is -2.18. The Balaban J connectivity index is 1.41. The predicted octanol–water partition coefficient (Wildman–Crippen LogP) is 5.73. The number of ether oxygens (including phenoxy) is 2. The van der Waals surface area contributed by atoms with Gasteiger partial charge < -0.3 is 19.2 Å². The third-order valence-corrected chi connectivity index (χ3v) is 5.23. The standard InChI is InChI=1S/C27H27N3O4/c1-27(2,3)20-13-11-18(12-14-20)25-29-30-26(34-25)19-7-5-8-21(15-19)28-24(31)17-33-23-10-6-9-22(16-23)32-4/h5-16H,17H2,1-4H3,(H,28,31). The van der Waals surface area contributed by atoms with Crippen LogP contribution in [0.3, 0.4) is 0 Å². The number of carbonyl (C=O) groups is 1. The summed E-state index contributed by atoms with van der Waals surface area (Å²) in [6, 6.07) is 22.4. The summed E-state index contributed by atoms with van der Waals surface area (Å²) in [5.74, 6) is 1.74. The maximum atomic E-state index is 12.4. The van der Waals surface area contributed by atoms with Gasteiger partial charge in [-0.15, -0.1) is 10.2 Å². The molecule has 34 heavy (non-hydrogen) atoms. The van der Waals surface area contributed by atoms with Crippen molar-refractivity contribution in [2.45, 2.75) is 26.2 Å². The average Bonchev–Trinajstić information content (AvgIpc) is 3.33. The molecule has 0 aliphatic rings. The van der Waals surface area contributed by atoms with Gasteiger partial charge in [-0.3, -0.25) is 4.79 Å². The molecule has 0 fully saturated rings. The maximum Gasteiger partial charge on any atom is 0.262 e. The van der Waals surface area contributed by atoms with E-state index < -0.39 is 0 Å². The highest BCUT2D eigenvalue weighted by molar-refractivity contribution is 5.92. The van der Waals surface area contributed by atoms with E-state index in [1.165, 1.54) is 5.56 Å². The number of nitrogens with one attached hydrogen (secondary N) is 1. The molecule has 0 spiro atoms. The van der Waals surface area contributed by atoms with Crippen LogP contribution in [0.15, 0.2) is 77.2 Å². The summed E-state index contributed by atoms with van der Waals surface area (Å²) in [6.45, 7) is 6.38. The number of methoxy groups -OCH3 is 1. The van der Waals surface area contributed by atoms with E-state index in [1.54, 1.807) is 37.4 Å². The van der Waals surface area contributed by atoms with Crippen molar-refractivity contribution in [1.29, 1.82) is 0 Å². The number of aromatic nitrogens is 2. The highest BCUT2D eigenvalue weighted by Crippen LogP contribution is 2.28. The molecule has 4 rings (SSSR count). The molecule has 3 aromatic carbocycles. The second kappa shape index (κ2) is 9.79. The molecular weight excluding hydrogens is 430 g/mol. The highest BCUT2D eigenvalue weighted by Gasteiger charge is 2.15. The number of amides is 1. The Morgan fingerprint density at radius 3 is 2.26 bits per heavy atom. The van der Waals surface area contributed by atoms with Gasteiger partial charge in [-0.05, 0) is 53.4 Å². The van der Waals surface area contributed by atoms with Crippen molar-refractivity contribution in [3.63, 3.8) is 0 Å². The van der Waals surface area contributed by atoms with Crippen LogP contribution in [0.5, 0.6) is 11.5 Å². The van der Waals surface area contributed by atoms with Crippen LogP contribution < -0.4 is 14.8 Å². The van der Waals surface area contributed by atoms with Crippen molar-refractivity contribution >= 4 is 11.6 Å². The quantitative estimate of drug-likeness (QED) is 0.382. The molecule has 7 nitrogen and oxygen atoms in total. The van der Waals surface area contributed by atoms with E-state index in [1.807, 2.05) is 30.3 Å². The third kappa shape index (κ3) is 5.61. The average molecular weight is 458 g/mol. The van der Waals surface area contributed by atoms with Crippen LogP contribution in [0.4, 0.5) is 5.69 Å². The van der Waals surface area contributed by atoms with Crippen LogP contribution in [0, 0.1) is 0 Å². The highest BCUT2D eigenvalue weighted by atomic mass is 16.5. The zero-order valence-corrected chi connectivity index (χ0v) is 19.7. The SMILES string of the molecule is COc1cccc(OCC(=O)Nc2cccc(-c3nnc(-c4ccc(C(C)(C)C)cc4)o3)c2)c1. The van der Waals surface area contributed by atoms with Crippen LogP contribution in [-0.2, 0) is 10.2 Å². The summed E-state index contributed by atoms with van der Waals surface area (Å²) in [7, 11) is 1.58. The molecule has 0 radical (unpaired) electrons. The number of anilines is 1. The molecule has 1 N–H and O–H groups in total. The van der Waals surface area contributed by atoms with Crippen molar-refractivity contribution in [2.75, 3.05) is 19.0 Å². The first-order valence-electron chi connectivity index (χ1n) is 10.9. The first kappa shape index (κ1) is 23.0. The van der Waals surface area contributed by atoms with Gasteiger partial charge in [0, 0.05) is 22.9 Å². The van der Waals surface area contributed by atoms with Crippen LogP contribution in [0.1, 0.15) is 26.3 Å². The van der Waals surface area contributed by atoms with Gasteiger partial charge in [0.2, 0.25) is 11.8 Å². The zero-order valence-electron chi connectivity index (χ0n) is 19.7. The van der Waals surface area contributed by atoms with E-state index in [0.29, 0.717) is 34.5 Å². The van der Waals surface area contributed by atoms with Gasteiger partial charge in [0.25, 0.3) is 5.91 Å². The fourth-order valence-corrected chi connectivity index (χ4v) is 3.34. The number of benzene rings is 3. The molecule has 1 heterocycles. The molecule has 0 atom stereocenters. The summed E-state index contributed by atoms with van der Waals surface area (Å²) < 4.78 is 16.6. The van der Waals surface area contributed by atoms with Gasteiger partial charge in [0.15, 0.2) is 6.61 Å². The Morgan fingerprint density at radius 1 is 0.882 bits per heavy atom. The van der Waals surface area contributed by atoms with Crippen molar-refractivity contribution in [2.24, 2.45) is 0 Å². The molecule has 1 aromatic heterocycles. The molecule has 0 aliphatic heterocycles. The monoisotopic (exact) mass is 457 g/mol. The Bertz CT molecular complexity index is 1270. The van der Waals surface area contributed by atoms with Gasteiger partial charge in [-0.2, -0.15) is 0 Å². The largest absolute Gasteiger partial charge is 0.497 e. The van der Waals surface area contributed by atoms with E-state index in [0.717, 1.165) is 5.56 Å². The Kier molecular flexibility index (Phi) is 6.63. The lowest BCUT2D eigenvalue weighted by molar-refractivity contribution is -0.118. The topological polar surface area (TPSA) is 86.5 Å². The lowest BCUT2D eigenvalue weighted by atomic mass is 9.87. The minimum atomic E-state index is -0.287. The van der Waals surface area contributed by atoms with E-state index in [-0.39, 0.29) is 17.9 Å². The van der Waals surface area contributed by atoms with E-state index in [4.69, 9.17) is 13.9 Å². The number of carbonyl (C=O) groups excluding carboxylic acids is 1. The van der Waals surface area contributed by atoms with Crippen molar-refractivity contribution < 1.29 is 18.7 Å². The number of hydrogen-bond donors (Lipinski definition) is 1. The first-order valence-corrected chi connectivity index (χ1v) is 10.9. The molecule has 0 saturated carbocycles. The lowest BCUT2D eigenvalue weighted by Crippen LogP contribution is -2.20. The van der Waals surface area contributed by atoms with Gasteiger partial charge >= 0.3 is 0 Å². The molecule has 1 amide bonds. The van der Waals surface area contributed by atoms with Crippen LogP contribution in [-0.4, -0.2) is 29.8 Å². The number of nitrogens with zero attached hydrogens (tertiary/aromatic N) is 2. The molecular formula is C27H27N3O4. The van der Waals surface area contributed by atoms with Crippen LogP contribution in [0.25, 0.3) is 22.9 Å². The summed E-state index contributed by atoms with van der Waals surface area (Å²) in [5, 5.41) is 11.2. The fraction of sp³-hybridized carbons (Fsp3) is 0.222. The normalized spacial score (nSPS) is 11.2. The van der Waals surface area contributed by atoms with Gasteiger partial charge in [0.1, 0.15) is 11.5 Å². The van der Waals surface area contributed by atoms with Gasteiger partial charge in [0.05, 0.1) is 7.11 Å². The number of hydrogen-bond acceptors (Lipinski definition) is 6. The summed E-state index contributed by atoms with van der Waals surface area (Å²) in [5.41, 5.74) is 3.46. The maximum absolute atomic E-state index is 12.4. The second-order valence-electron chi connectivity index (χ2n) is 8.84. The van der Waals surface area contributed by atoms with Gasteiger partial charge in [-0.25, -0.2) is 0 Å². The smallest absolute Gasteiger partial charge is 0.262 e.